The van der Waals surface area contributed by atoms with Crippen molar-refractivity contribution in [3.05, 3.63) is 46.2 Å². The van der Waals surface area contributed by atoms with E-state index >= 15 is 0 Å². The van der Waals surface area contributed by atoms with Crippen LogP contribution in [0.3, 0.4) is 0 Å². The number of anilines is 1. The van der Waals surface area contributed by atoms with Gasteiger partial charge in [0.2, 0.25) is 5.91 Å². The third kappa shape index (κ3) is 3.69. The molecule has 1 aromatic carbocycles. The number of nitrogens with zero attached hydrogens (tertiary/aromatic N) is 3. The molecule has 5 nitrogen and oxygen atoms in total. The summed E-state index contributed by atoms with van der Waals surface area (Å²) in [7, 11) is 0. The van der Waals surface area contributed by atoms with Crippen LogP contribution in [0.15, 0.2) is 24.3 Å². The maximum absolute atomic E-state index is 12.5. The molecule has 2 heterocycles. The molecule has 2 aromatic heterocycles. The van der Waals surface area contributed by atoms with Crippen LogP contribution in [0.25, 0.3) is 16.8 Å². The van der Waals surface area contributed by atoms with Crippen molar-refractivity contribution in [2.75, 3.05) is 5.32 Å². The highest BCUT2D eigenvalue weighted by Crippen LogP contribution is 2.35. The van der Waals surface area contributed by atoms with Crippen LogP contribution < -0.4 is 5.32 Å². The summed E-state index contributed by atoms with van der Waals surface area (Å²) in [5, 5.41) is 8.39. The molecule has 1 fully saturated rings. The number of nitrogens with one attached hydrogen (secondary N) is 1. The Morgan fingerprint density at radius 1 is 1.26 bits per heavy atom. The Morgan fingerprint density at radius 3 is 2.74 bits per heavy atom. The normalized spacial score (nSPS) is 13.9. The van der Waals surface area contributed by atoms with Crippen LogP contribution in [0.2, 0.25) is 5.02 Å². The maximum atomic E-state index is 12.5. The highest BCUT2D eigenvalue weighted by molar-refractivity contribution is 6.31. The summed E-state index contributed by atoms with van der Waals surface area (Å²) in [5.74, 6) is 1.28. The molecule has 0 bridgehead atoms. The molecule has 4 rings (SSSR count). The fourth-order valence-corrected chi connectivity index (χ4v) is 3.53. The predicted molar refractivity (Wildman–Crippen MR) is 108 cm³/mol. The van der Waals surface area contributed by atoms with E-state index in [9.17, 15) is 4.79 Å². The average Bonchev–Trinajstić information content (AvgIpc) is 3.37. The molecule has 140 valence electrons. The molecule has 3 aromatic rings. The molecule has 0 saturated heterocycles. The zero-order valence-corrected chi connectivity index (χ0v) is 16.6. The number of hydrogen-bond donors (Lipinski definition) is 1. The van der Waals surface area contributed by atoms with Gasteiger partial charge in [-0.3, -0.25) is 4.79 Å². The van der Waals surface area contributed by atoms with Gasteiger partial charge in [0.15, 0.2) is 11.5 Å². The molecular weight excluding hydrogens is 360 g/mol. The lowest BCUT2D eigenvalue weighted by molar-refractivity contribution is -0.116. The van der Waals surface area contributed by atoms with Crippen LogP contribution >= 0.6 is 11.6 Å². The Labute approximate surface area is 163 Å². The van der Waals surface area contributed by atoms with Crippen molar-refractivity contribution in [3.63, 3.8) is 0 Å². The molecule has 6 heteroatoms. The summed E-state index contributed by atoms with van der Waals surface area (Å²) in [6, 6.07) is 7.82. The molecule has 1 N–H and O–H groups in total. The topological polar surface area (TPSA) is 59.3 Å². The Balaban J connectivity index is 1.79. The second-order valence-electron chi connectivity index (χ2n) is 7.49. The highest BCUT2D eigenvalue weighted by atomic mass is 35.5. The van der Waals surface area contributed by atoms with Gasteiger partial charge >= 0.3 is 0 Å². The number of rotatable bonds is 5. The molecule has 1 saturated carbocycles. The number of aryl methyl sites for hydroxylation is 3. The molecule has 1 amide bonds. The minimum Gasteiger partial charge on any atom is -0.309 e. The van der Waals surface area contributed by atoms with Crippen molar-refractivity contribution in [1.29, 1.82) is 0 Å². The summed E-state index contributed by atoms with van der Waals surface area (Å²) < 4.78 is 1.79. The van der Waals surface area contributed by atoms with E-state index < -0.39 is 0 Å². The molecule has 0 unspecified atom stereocenters. The van der Waals surface area contributed by atoms with Crippen molar-refractivity contribution in [3.8, 4) is 11.1 Å². The van der Waals surface area contributed by atoms with Gasteiger partial charge in [-0.2, -0.15) is 0 Å². The number of hydrogen-bond acceptors (Lipinski definition) is 3. The van der Waals surface area contributed by atoms with Crippen molar-refractivity contribution in [2.45, 2.75) is 46.5 Å². The Kier molecular flexibility index (Phi) is 4.64. The Morgan fingerprint density at radius 2 is 2.04 bits per heavy atom. The lowest BCUT2D eigenvalue weighted by Crippen LogP contribution is -2.12. The first-order chi connectivity index (χ1) is 12.9. The SMILES string of the molecule is Cc1cc(C)n2nc(NC(=O)CCC3CC3)c(-c3ccc(Cl)c(C)c3)c2n1. The second kappa shape index (κ2) is 6.97. The monoisotopic (exact) mass is 382 g/mol. The standard InChI is InChI=1S/C21H23ClN4O/c1-12-10-16(7-8-17(12)22)19-20(24-18(27)9-6-15-4-5-15)25-26-14(3)11-13(2)23-21(19)26/h7-8,10-11,15H,4-6,9H2,1-3H3,(H,24,25,27). The van der Waals surface area contributed by atoms with E-state index in [-0.39, 0.29) is 5.91 Å². The van der Waals surface area contributed by atoms with Gasteiger partial charge in [-0.15, -0.1) is 5.10 Å². The number of fused-ring (bicyclic) bond motifs is 1. The van der Waals surface area contributed by atoms with E-state index in [1.807, 2.05) is 45.0 Å². The van der Waals surface area contributed by atoms with Gasteiger partial charge in [-0.1, -0.05) is 30.5 Å². The van der Waals surface area contributed by atoms with Crippen LogP contribution in [0.1, 0.15) is 42.6 Å². The summed E-state index contributed by atoms with van der Waals surface area (Å²) in [6.07, 6.45) is 3.98. The first-order valence-electron chi connectivity index (χ1n) is 9.35. The zero-order valence-electron chi connectivity index (χ0n) is 15.8. The molecular formula is C21H23ClN4O. The van der Waals surface area contributed by atoms with Gasteiger partial charge < -0.3 is 5.32 Å². The molecule has 0 aliphatic heterocycles. The van der Waals surface area contributed by atoms with E-state index in [0.717, 1.165) is 46.1 Å². The molecule has 1 aliphatic carbocycles. The summed E-state index contributed by atoms with van der Waals surface area (Å²) >= 11 is 6.21. The molecule has 0 atom stereocenters. The van der Waals surface area contributed by atoms with E-state index in [1.54, 1.807) is 4.52 Å². The van der Waals surface area contributed by atoms with Crippen LogP contribution in [-0.4, -0.2) is 20.5 Å². The number of aromatic nitrogens is 3. The maximum Gasteiger partial charge on any atom is 0.225 e. The lowest BCUT2D eigenvalue weighted by Gasteiger charge is -2.07. The van der Waals surface area contributed by atoms with Gasteiger partial charge in [0.05, 0.1) is 5.56 Å². The van der Waals surface area contributed by atoms with Crippen molar-refractivity contribution in [2.24, 2.45) is 5.92 Å². The number of amides is 1. The van der Waals surface area contributed by atoms with Crippen molar-refractivity contribution >= 4 is 29.0 Å². The third-order valence-electron chi connectivity index (χ3n) is 5.08. The lowest BCUT2D eigenvalue weighted by atomic mass is 10.0. The number of benzene rings is 1. The third-order valence-corrected chi connectivity index (χ3v) is 5.50. The van der Waals surface area contributed by atoms with Crippen LogP contribution in [0.5, 0.6) is 0 Å². The van der Waals surface area contributed by atoms with Crippen molar-refractivity contribution < 1.29 is 4.79 Å². The fraction of sp³-hybridized carbons (Fsp3) is 0.381. The van der Waals surface area contributed by atoms with Crippen LogP contribution in [0, 0.1) is 26.7 Å². The van der Waals surface area contributed by atoms with E-state index in [0.29, 0.717) is 17.3 Å². The minimum atomic E-state index is 0.00613. The Hall–Kier alpha value is -2.40. The van der Waals surface area contributed by atoms with Crippen molar-refractivity contribution in [1.82, 2.24) is 14.6 Å². The van der Waals surface area contributed by atoms with Gasteiger partial charge in [0.1, 0.15) is 0 Å². The van der Waals surface area contributed by atoms with Gasteiger partial charge in [0, 0.05) is 22.8 Å². The summed E-state index contributed by atoms with van der Waals surface area (Å²) in [6.45, 7) is 5.92. The fourth-order valence-electron chi connectivity index (χ4n) is 3.41. The van der Waals surface area contributed by atoms with Gasteiger partial charge in [-0.05, 0) is 62.4 Å². The smallest absolute Gasteiger partial charge is 0.225 e. The summed E-state index contributed by atoms with van der Waals surface area (Å²) in [4.78, 5) is 17.2. The molecule has 0 radical (unpaired) electrons. The van der Waals surface area contributed by atoms with E-state index in [4.69, 9.17) is 16.6 Å². The zero-order chi connectivity index (χ0) is 19.1. The second-order valence-corrected chi connectivity index (χ2v) is 7.90. The Bertz CT molecular complexity index is 1040. The number of carbonyl (C=O) groups excluding carboxylic acids is 1. The highest BCUT2D eigenvalue weighted by Gasteiger charge is 2.23. The molecule has 0 spiro atoms. The molecule has 1 aliphatic rings. The molecule has 27 heavy (non-hydrogen) atoms. The van der Waals surface area contributed by atoms with E-state index in [2.05, 4.69) is 10.4 Å². The van der Waals surface area contributed by atoms with E-state index in [1.165, 1.54) is 12.8 Å². The first kappa shape index (κ1) is 18.0. The van der Waals surface area contributed by atoms with Gasteiger partial charge in [0.25, 0.3) is 0 Å². The average molecular weight is 383 g/mol. The largest absolute Gasteiger partial charge is 0.309 e. The predicted octanol–water partition coefficient (Wildman–Crippen LogP) is 5.10. The first-order valence-corrected chi connectivity index (χ1v) is 9.73. The minimum absolute atomic E-state index is 0.00613. The number of halogens is 1. The van der Waals surface area contributed by atoms with Crippen LogP contribution in [-0.2, 0) is 4.79 Å². The number of carbonyl (C=O) groups is 1. The summed E-state index contributed by atoms with van der Waals surface area (Å²) in [5.41, 5.74) is 5.39. The quantitative estimate of drug-likeness (QED) is 0.667. The van der Waals surface area contributed by atoms with Gasteiger partial charge in [-0.25, -0.2) is 9.50 Å². The van der Waals surface area contributed by atoms with Crippen LogP contribution in [0.4, 0.5) is 5.82 Å².